The Labute approximate surface area is 305 Å². The first-order valence-corrected chi connectivity index (χ1v) is 18.5. The number of hydrogen-bond donors (Lipinski definition) is 0. The summed E-state index contributed by atoms with van der Waals surface area (Å²) < 4.78 is 4.80. The zero-order valence-corrected chi connectivity index (χ0v) is 29.9. The van der Waals surface area contributed by atoms with Gasteiger partial charge in [-0.1, -0.05) is 148 Å². The van der Waals surface area contributed by atoms with Gasteiger partial charge in [0.05, 0.1) is 15.7 Å². The van der Waals surface area contributed by atoms with Gasteiger partial charge >= 0.3 is 0 Å². The van der Waals surface area contributed by atoms with Crippen LogP contribution in [0.25, 0.3) is 92.6 Å². The second-order valence-electron chi connectivity index (χ2n) is 14.5. The lowest BCUT2D eigenvalue weighted by Crippen LogP contribution is -2.10. The maximum atomic E-state index is 5.29. The average molecular weight is 687 g/mol. The van der Waals surface area contributed by atoms with Gasteiger partial charge in [0.25, 0.3) is 0 Å². The first-order valence-electron chi connectivity index (χ1n) is 17.7. The van der Waals surface area contributed by atoms with Gasteiger partial charge in [0.2, 0.25) is 5.95 Å². The van der Waals surface area contributed by atoms with Crippen LogP contribution in [0.15, 0.2) is 152 Å². The molecule has 10 aromatic rings. The lowest BCUT2D eigenvalue weighted by Gasteiger charge is -2.19. The van der Waals surface area contributed by atoms with E-state index < -0.39 is 0 Å². The summed E-state index contributed by atoms with van der Waals surface area (Å²) >= 11 is 1.86. The van der Waals surface area contributed by atoms with Crippen molar-refractivity contribution in [2.24, 2.45) is 0 Å². The van der Waals surface area contributed by atoms with E-state index >= 15 is 0 Å². The molecule has 3 aromatic heterocycles. The van der Waals surface area contributed by atoms with Crippen LogP contribution in [0, 0.1) is 0 Å². The van der Waals surface area contributed by atoms with E-state index in [0.717, 1.165) is 22.2 Å². The summed E-state index contributed by atoms with van der Waals surface area (Å²) in [5.41, 5.74) is 7.79. The Morgan fingerprint density at radius 1 is 0.481 bits per heavy atom. The lowest BCUT2D eigenvalue weighted by atomic mass is 9.86. The van der Waals surface area contributed by atoms with Crippen molar-refractivity contribution < 1.29 is 0 Å². The van der Waals surface area contributed by atoms with Crippen molar-refractivity contribution in [1.82, 2.24) is 19.5 Å². The predicted molar refractivity (Wildman–Crippen MR) is 220 cm³/mol. The van der Waals surface area contributed by atoms with E-state index in [-0.39, 0.29) is 5.41 Å². The highest BCUT2D eigenvalue weighted by molar-refractivity contribution is 7.27. The average Bonchev–Trinajstić information content (AvgIpc) is 3.75. The molecule has 7 aromatic carbocycles. The van der Waals surface area contributed by atoms with Crippen molar-refractivity contribution in [1.29, 1.82) is 0 Å². The first-order chi connectivity index (χ1) is 25.4. The molecule has 248 valence electrons. The van der Waals surface area contributed by atoms with E-state index in [4.69, 9.17) is 15.0 Å². The van der Waals surface area contributed by atoms with Crippen molar-refractivity contribution in [3.63, 3.8) is 0 Å². The third-order valence-corrected chi connectivity index (χ3v) is 11.4. The van der Waals surface area contributed by atoms with Crippen LogP contribution in [-0.2, 0) is 5.41 Å². The Kier molecular flexibility index (Phi) is 6.89. The molecule has 0 fully saturated rings. The quantitative estimate of drug-likeness (QED) is 0.185. The van der Waals surface area contributed by atoms with E-state index in [9.17, 15) is 0 Å². The second kappa shape index (κ2) is 11.7. The molecule has 0 spiro atoms. The maximum Gasteiger partial charge on any atom is 0.238 e. The summed E-state index contributed by atoms with van der Waals surface area (Å²) in [5.74, 6) is 1.89. The Bertz CT molecular complexity index is 2920. The molecule has 0 bridgehead atoms. The van der Waals surface area contributed by atoms with Gasteiger partial charge in [-0.05, 0) is 57.1 Å². The smallest absolute Gasteiger partial charge is 0.238 e. The number of hydrogen-bond acceptors (Lipinski definition) is 4. The highest BCUT2D eigenvalue weighted by Crippen LogP contribution is 2.49. The molecule has 0 saturated heterocycles. The van der Waals surface area contributed by atoms with Crippen LogP contribution < -0.4 is 0 Å². The Hall–Kier alpha value is -6.17. The molecule has 0 atom stereocenters. The van der Waals surface area contributed by atoms with Gasteiger partial charge in [0.15, 0.2) is 11.6 Å². The van der Waals surface area contributed by atoms with E-state index in [1.54, 1.807) is 0 Å². The fourth-order valence-corrected chi connectivity index (χ4v) is 8.85. The Morgan fingerprint density at radius 3 is 1.67 bits per heavy atom. The second-order valence-corrected chi connectivity index (χ2v) is 15.5. The van der Waals surface area contributed by atoms with Gasteiger partial charge in [0.1, 0.15) is 0 Å². The standard InChI is InChI=1S/C47H34N4S/c1-47(2,3)33-24-26-39-37(28-33)41-35-22-14-13-21-34(35)40-36-27-32(29-15-7-4-8-16-29)23-25-38(36)51(42(40)43(41)52-39)46-49-44(30-17-9-5-10-18-30)48-45(50-46)31-19-11-6-12-20-31/h4-28H,1-3H3. The number of nitrogens with zero attached hydrogens (tertiary/aromatic N) is 4. The minimum absolute atomic E-state index is 0.0254. The molecule has 0 amide bonds. The number of fused-ring (bicyclic) bond motifs is 10. The van der Waals surface area contributed by atoms with Gasteiger partial charge in [-0.25, -0.2) is 4.98 Å². The molecular weight excluding hydrogens is 653 g/mol. The minimum atomic E-state index is 0.0254. The molecule has 0 aliphatic heterocycles. The molecule has 5 heteroatoms. The summed E-state index contributed by atoms with van der Waals surface area (Å²) in [5, 5.41) is 7.43. The Morgan fingerprint density at radius 2 is 1.06 bits per heavy atom. The van der Waals surface area contributed by atoms with Gasteiger partial charge in [-0.3, -0.25) is 4.57 Å². The van der Waals surface area contributed by atoms with E-state index in [0.29, 0.717) is 17.6 Å². The highest BCUT2D eigenvalue weighted by Gasteiger charge is 2.25. The van der Waals surface area contributed by atoms with Gasteiger partial charge in [0, 0.05) is 37.4 Å². The number of aromatic nitrogens is 4. The molecule has 52 heavy (non-hydrogen) atoms. The molecule has 0 aliphatic rings. The molecule has 10 rings (SSSR count). The van der Waals surface area contributed by atoms with E-state index in [1.165, 1.54) is 58.4 Å². The molecule has 0 unspecified atom stereocenters. The third-order valence-electron chi connectivity index (χ3n) is 10.2. The first kappa shape index (κ1) is 30.6. The SMILES string of the molecule is CC(C)(C)c1ccc2sc3c(c2c1)c1ccccc1c1c2cc(-c4ccccc4)ccc2n(-c2nc(-c4ccccc4)nc(-c4ccccc4)n2)c31. The molecule has 4 nitrogen and oxygen atoms in total. The van der Waals surface area contributed by atoms with Crippen LogP contribution in [-0.4, -0.2) is 19.5 Å². The van der Waals surface area contributed by atoms with E-state index in [1.807, 2.05) is 47.7 Å². The molecule has 0 aliphatic carbocycles. The number of benzene rings is 7. The summed E-state index contributed by atoms with van der Waals surface area (Å²) in [4.78, 5) is 15.6. The van der Waals surface area contributed by atoms with Crippen LogP contribution in [0.4, 0.5) is 0 Å². The fourth-order valence-electron chi connectivity index (χ4n) is 7.61. The number of rotatable bonds is 4. The van der Waals surface area contributed by atoms with Crippen molar-refractivity contribution in [2.45, 2.75) is 26.2 Å². The highest BCUT2D eigenvalue weighted by atomic mass is 32.1. The van der Waals surface area contributed by atoms with Crippen LogP contribution in [0.3, 0.4) is 0 Å². The largest absolute Gasteiger partial charge is 0.276 e. The molecular formula is C47H34N4S. The third kappa shape index (κ3) is 4.84. The minimum Gasteiger partial charge on any atom is -0.276 e. The summed E-state index contributed by atoms with van der Waals surface area (Å²) in [6.07, 6.45) is 0. The summed E-state index contributed by atoms with van der Waals surface area (Å²) in [6, 6.07) is 53.8. The van der Waals surface area contributed by atoms with Gasteiger partial charge < -0.3 is 0 Å². The Balaban J connectivity index is 1.40. The molecule has 0 radical (unpaired) electrons. The normalized spacial score (nSPS) is 12.1. The predicted octanol–water partition coefficient (Wildman–Crippen LogP) is 12.8. The van der Waals surface area contributed by atoms with Crippen LogP contribution in [0.1, 0.15) is 26.3 Å². The van der Waals surface area contributed by atoms with Crippen LogP contribution in [0.2, 0.25) is 0 Å². The zero-order valence-electron chi connectivity index (χ0n) is 29.1. The summed E-state index contributed by atoms with van der Waals surface area (Å²) in [6.45, 7) is 6.87. The summed E-state index contributed by atoms with van der Waals surface area (Å²) in [7, 11) is 0. The van der Waals surface area contributed by atoms with Crippen LogP contribution in [0.5, 0.6) is 0 Å². The molecule has 0 saturated carbocycles. The van der Waals surface area contributed by atoms with E-state index in [2.05, 4.69) is 141 Å². The van der Waals surface area contributed by atoms with Gasteiger partial charge in [-0.2, -0.15) is 9.97 Å². The topological polar surface area (TPSA) is 43.6 Å². The van der Waals surface area contributed by atoms with Crippen molar-refractivity contribution >= 4 is 64.1 Å². The fraction of sp³-hybridized carbons (Fsp3) is 0.0851. The number of thiophene rings is 1. The molecule has 3 heterocycles. The van der Waals surface area contributed by atoms with Crippen molar-refractivity contribution in [3.8, 4) is 39.9 Å². The maximum absolute atomic E-state index is 5.29. The zero-order chi connectivity index (χ0) is 35.0. The van der Waals surface area contributed by atoms with Crippen molar-refractivity contribution in [3.05, 3.63) is 157 Å². The molecule has 0 N–H and O–H groups in total. The van der Waals surface area contributed by atoms with Gasteiger partial charge in [-0.15, -0.1) is 11.3 Å². The lowest BCUT2D eigenvalue weighted by molar-refractivity contribution is 0.591. The van der Waals surface area contributed by atoms with Crippen LogP contribution >= 0.6 is 11.3 Å². The van der Waals surface area contributed by atoms with Crippen molar-refractivity contribution in [2.75, 3.05) is 0 Å². The monoisotopic (exact) mass is 686 g/mol.